The predicted molar refractivity (Wildman–Crippen MR) is 110 cm³/mol. The summed E-state index contributed by atoms with van der Waals surface area (Å²) in [7, 11) is 0. The molecule has 33 heavy (non-hydrogen) atoms. The molecule has 2 amide bonds. The summed E-state index contributed by atoms with van der Waals surface area (Å²) in [6.45, 7) is -0.327. The van der Waals surface area contributed by atoms with E-state index in [1.807, 2.05) is 0 Å². The van der Waals surface area contributed by atoms with Crippen LogP contribution in [0.3, 0.4) is 0 Å². The standard InChI is InChI=1S/C22H21F3N2O6/c23-22(24,25)11-1-3-12(4-2-11)26-21(31)27-13-5-6-17-15(7-13)16-8-14(9-19(29)30)32-18(10-28)20(16)33-17/h1-7,14,16,18,20,28H,8-10H2,(H,29,30)(H2,26,27,31)/t14-,16+,18-,20-/m1/s1. The van der Waals surface area contributed by atoms with Crippen molar-refractivity contribution < 1.29 is 42.4 Å². The second-order valence-corrected chi connectivity index (χ2v) is 7.91. The van der Waals surface area contributed by atoms with Gasteiger partial charge in [-0.1, -0.05) is 0 Å². The lowest BCUT2D eigenvalue weighted by Crippen LogP contribution is -2.46. The van der Waals surface area contributed by atoms with E-state index in [2.05, 4.69) is 10.6 Å². The van der Waals surface area contributed by atoms with Crippen LogP contribution in [0.2, 0.25) is 0 Å². The Balaban J connectivity index is 1.45. The maximum absolute atomic E-state index is 12.7. The number of benzene rings is 2. The van der Waals surface area contributed by atoms with Crippen molar-refractivity contribution in [2.75, 3.05) is 17.2 Å². The zero-order valence-corrected chi connectivity index (χ0v) is 17.1. The Morgan fingerprint density at radius 2 is 1.73 bits per heavy atom. The highest BCUT2D eigenvalue weighted by Crippen LogP contribution is 2.47. The number of carboxylic acids is 1. The summed E-state index contributed by atoms with van der Waals surface area (Å²) in [4.78, 5) is 23.4. The molecule has 1 fully saturated rings. The summed E-state index contributed by atoms with van der Waals surface area (Å²) in [5.41, 5.74) is 0.547. The molecule has 4 N–H and O–H groups in total. The molecule has 0 unspecified atom stereocenters. The third kappa shape index (κ3) is 5.04. The van der Waals surface area contributed by atoms with E-state index in [0.29, 0.717) is 17.9 Å². The van der Waals surface area contributed by atoms with E-state index in [1.165, 1.54) is 0 Å². The van der Waals surface area contributed by atoms with Crippen LogP contribution in [0, 0.1) is 0 Å². The first-order valence-corrected chi connectivity index (χ1v) is 10.2. The molecule has 0 aliphatic carbocycles. The van der Waals surface area contributed by atoms with Gasteiger partial charge in [0, 0.05) is 22.9 Å². The monoisotopic (exact) mass is 466 g/mol. The van der Waals surface area contributed by atoms with Gasteiger partial charge in [0.1, 0.15) is 18.0 Å². The van der Waals surface area contributed by atoms with E-state index in [0.717, 1.165) is 29.8 Å². The van der Waals surface area contributed by atoms with Crippen LogP contribution in [0.15, 0.2) is 42.5 Å². The molecule has 2 aromatic rings. The minimum Gasteiger partial charge on any atom is -0.487 e. The molecule has 0 saturated carbocycles. The summed E-state index contributed by atoms with van der Waals surface area (Å²) in [6.07, 6.45) is -6.04. The molecule has 0 aromatic heterocycles. The number of aliphatic hydroxyl groups excluding tert-OH is 1. The van der Waals surface area contributed by atoms with E-state index in [-0.39, 0.29) is 24.6 Å². The number of fused-ring (bicyclic) bond motifs is 3. The predicted octanol–water partition coefficient (Wildman–Crippen LogP) is 3.82. The molecule has 176 valence electrons. The number of aliphatic carboxylic acids is 1. The fourth-order valence-electron chi connectivity index (χ4n) is 4.20. The van der Waals surface area contributed by atoms with Crippen molar-refractivity contribution in [1.82, 2.24) is 0 Å². The summed E-state index contributed by atoms with van der Waals surface area (Å²) >= 11 is 0. The highest BCUT2D eigenvalue weighted by molar-refractivity contribution is 5.99. The summed E-state index contributed by atoms with van der Waals surface area (Å²) in [5, 5.41) is 23.9. The lowest BCUT2D eigenvalue weighted by molar-refractivity contribution is -0.153. The highest BCUT2D eigenvalue weighted by Gasteiger charge is 2.46. The molecule has 1 saturated heterocycles. The molecule has 0 spiro atoms. The maximum Gasteiger partial charge on any atom is 0.416 e. The Bertz CT molecular complexity index is 1040. The van der Waals surface area contributed by atoms with Crippen LogP contribution in [-0.4, -0.2) is 47.1 Å². The molecular formula is C22H21F3N2O6. The average molecular weight is 466 g/mol. The minimum atomic E-state index is -4.46. The number of carbonyl (C=O) groups is 2. The normalized spacial score (nSPS) is 23.8. The number of urea groups is 1. The third-order valence-corrected chi connectivity index (χ3v) is 5.63. The zero-order chi connectivity index (χ0) is 23.8. The van der Waals surface area contributed by atoms with Gasteiger partial charge in [-0.05, 0) is 48.9 Å². The van der Waals surface area contributed by atoms with E-state index in [9.17, 15) is 27.9 Å². The average Bonchev–Trinajstić information content (AvgIpc) is 3.10. The van der Waals surface area contributed by atoms with Crippen molar-refractivity contribution >= 4 is 23.4 Å². The zero-order valence-electron chi connectivity index (χ0n) is 17.1. The molecule has 4 rings (SSSR count). The van der Waals surface area contributed by atoms with Crippen LogP contribution in [0.25, 0.3) is 0 Å². The van der Waals surface area contributed by atoms with Crippen molar-refractivity contribution in [2.24, 2.45) is 0 Å². The molecule has 4 atom stereocenters. The van der Waals surface area contributed by atoms with Gasteiger partial charge < -0.3 is 30.3 Å². The van der Waals surface area contributed by atoms with Gasteiger partial charge in [0.15, 0.2) is 0 Å². The number of carbonyl (C=O) groups excluding carboxylic acids is 1. The SMILES string of the molecule is O=C(O)C[C@H]1C[C@H]2c3cc(NC(=O)Nc4ccc(C(F)(F)F)cc4)ccc3O[C@H]2[C@@H](CO)O1. The van der Waals surface area contributed by atoms with Gasteiger partial charge in [-0.25, -0.2) is 4.79 Å². The third-order valence-electron chi connectivity index (χ3n) is 5.63. The van der Waals surface area contributed by atoms with Crippen LogP contribution in [-0.2, 0) is 15.7 Å². The fourth-order valence-corrected chi connectivity index (χ4v) is 4.20. The number of nitrogens with one attached hydrogen (secondary N) is 2. The topological polar surface area (TPSA) is 117 Å². The van der Waals surface area contributed by atoms with Crippen molar-refractivity contribution in [3.05, 3.63) is 53.6 Å². The fraction of sp³-hybridized carbons (Fsp3) is 0.364. The largest absolute Gasteiger partial charge is 0.487 e. The number of hydrogen-bond donors (Lipinski definition) is 4. The van der Waals surface area contributed by atoms with Crippen LogP contribution in [0.1, 0.15) is 29.9 Å². The molecule has 2 aliphatic heterocycles. The van der Waals surface area contributed by atoms with Crippen LogP contribution in [0.5, 0.6) is 5.75 Å². The van der Waals surface area contributed by atoms with Gasteiger partial charge >= 0.3 is 18.2 Å². The van der Waals surface area contributed by atoms with Crippen molar-refractivity contribution in [2.45, 2.75) is 43.2 Å². The van der Waals surface area contributed by atoms with Crippen molar-refractivity contribution in [1.29, 1.82) is 0 Å². The van der Waals surface area contributed by atoms with E-state index in [1.54, 1.807) is 18.2 Å². The van der Waals surface area contributed by atoms with Crippen molar-refractivity contribution in [3.63, 3.8) is 0 Å². The summed E-state index contributed by atoms with van der Waals surface area (Å²) in [5.74, 6) is -0.684. The number of ether oxygens (including phenoxy) is 2. The Kier molecular flexibility index (Phi) is 6.17. The molecule has 2 aromatic carbocycles. The number of halogens is 3. The maximum atomic E-state index is 12.7. The number of carboxylic acid groups (broad SMARTS) is 1. The van der Waals surface area contributed by atoms with E-state index in [4.69, 9.17) is 14.6 Å². The minimum absolute atomic E-state index is 0.191. The molecule has 2 heterocycles. The molecule has 0 bridgehead atoms. The first-order valence-electron chi connectivity index (χ1n) is 10.2. The van der Waals surface area contributed by atoms with E-state index < -0.39 is 42.1 Å². The van der Waals surface area contributed by atoms with Gasteiger partial charge in [0.2, 0.25) is 0 Å². The lowest BCUT2D eigenvalue weighted by Gasteiger charge is -2.36. The number of aliphatic hydroxyl groups is 1. The Labute approximate surface area is 186 Å². The summed E-state index contributed by atoms with van der Waals surface area (Å²) < 4.78 is 49.6. The number of amides is 2. The van der Waals surface area contributed by atoms with E-state index >= 15 is 0 Å². The number of rotatable bonds is 5. The first-order chi connectivity index (χ1) is 15.6. The highest BCUT2D eigenvalue weighted by atomic mass is 19.4. The van der Waals surface area contributed by atoms with Gasteiger partial charge in [0.25, 0.3) is 0 Å². The summed E-state index contributed by atoms with van der Waals surface area (Å²) in [6, 6.07) is 8.37. The molecule has 2 aliphatic rings. The Morgan fingerprint density at radius 3 is 2.36 bits per heavy atom. The quantitative estimate of drug-likeness (QED) is 0.532. The Morgan fingerprint density at radius 1 is 1.06 bits per heavy atom. The number of anilines is 2. The first kappa shape index (κ1) is 22.9. The van der Waals surface area contributed by atoms with Crippen LogP contribution >= 0.6 is 0 Å². The molecule has 0 radical (unpaired) electrons. The Hall–Kier alpha value is -3.31. The molecular weight excluding hydrogens is 445 g/mol. The van der Waals surface area contributed by atoms with Gasteiger partial charge in [-0.15, -0.1) is 0 Å². The number of hydrogen-bond acceptors (Lipinski definition) is 5. The van der Waals surface area contributed by atoms with Gasteiger partial charge in [-0.2, -0.15) is 13.2 Å². The molecule has 8 nitrogen and oxygen atoms in total. The second-order valence-electron chi connectivity index (χ2n) is 7.91. The number of alkyl halides is 3. The van der Waals surface area contributed by atoms with Gasteiger partial charge in [0.05, 0.1) is 24.7 Å². The van der Waals surface area contributed by atoms with Crippen molar-refractivity contribution in [3.8, 4) is 5.75 Å². The lowest BCUT2D eigenvalue weighted by atomic mass is 9.84. The second kappa shape index (κ2) is 8.91. The van der Waals surface area contributed by atoms with Crippen LogP contribution < -0.4 is 15.4 Å². The van der Waals surface area contributed by atoms with Crippen LogP contribution in [0.4, 0.5) is 29.3 Å². The smallest absolute Gasteiger partial charge is 0.416 e. The van der Waals surface area contributed by atoms with Gasteiger partial charge in [-0.3, -0.25) is 4.79 Å². The molecule has 11 heteroatoms.